The molecular weight excluding hydrogens is 268 g/mol. The van der Waals surface area contributed by atoms with E-state index in [1.54, 1.807) is 38.3 Å². The number of carbonyl (C=O) groups is 1. The number of nitrogens with zero attached hydrogens (tertiary/aromatic N) is 2. The summed E-state index contributed by atoms with van der Waals surface area (Å²) in [6, 6.07) is 7.16. The molecule has 0 saturated carbocycles. The monoisotopic (exact) mass is 288 g/mol. The van der Waals surface area contributed by atoms with Crippen LogP contribution in [0.25, 0.3) is 5.69 Å². The van der Waals surface area contributed by atoms with Crippen LogP contribution in [0.3, 0.4) is 0 Å². The van der Waals surface area contributed by atoms with E-state index < -0.39 is 5.97 Å². The van der Waals surface area contributed by atoms with Crippen LogP contribution >= 0.6 is 0 Å². The normalized spacial score (nSPS) is 11.5. The van der Waals surface area contributed by atoms with Gasteiger partial charge in [-0.3, -0.25) is 0 Å². The van der Waals surface area contributed by atoms with E-state index in [-0.39, 0.29) is 11.1 Å². The molecule has 21 heavy (non-hydrogen) atoms. The Bertz CT molecular complexity index is 664. The minimum absolute atomic E-state index is 0.199. The molecule has 0 aliphatic carbocycles. The predicted molar refractivity (Wildman–Crippen MR) is 80.5 cm³/mol. The maximum absolute atomic E-state index is 11.6. The highest BCUT2D eigenvalue weighted by atomic mass is 16.5. The highest BCUT2D eigenvalue weighted by Gasteiger charge is 2.27. The number of carboxylic acid groups (broad SMARTS) is 1. The molecule has 2 rings (SSSR count). The van der Waals surface area contributed by atoms with E-state index in [0.717, 1.165) is 11.4 Å². The molecule has 0 unspecified atom stereocenters. The van der Waals surface area contributed by atoms with Gasteiger partial charge in [-0.05, 0) is 31.2 Å². The third-order valence-electron chi connectivity index (χ3n) is 3.35. The van der Waals surface area contributed by atoms with Crippen LogP contribution in [0.5, 0.6) is 5.75 Å². The van der Waals surface area contributed by atoms with E-state index in [4.69, 9.17) is 4.74 Å². The molecule has 1 aromatic carbocycles. The first-order valence-corrected chi connectivity index (χ1v) is 6.73. The van der Waals surface area contributed by atoms with Gasteiger partial charge in [0.25, 0.3) is 0 Å². The van der Waals surface area contributed by atoms with Crippen LogP contribution in [0.15, 0.2) is 24.3 Å². The smallest absolute Gasteiger partial charge is 0.354 e. The van der Waals surface area contributed by atoms with Crippen LogP contribution in [-0.2, 0) is 5.41 Å². The lowest BCUT2D eigenvalue weighted by Crippen LogP contribution is -2.14. The zero-order valence-electron chi connectivity index (χ0n) is 13.0. The van der Waals surface area contributed by atoms with Gasteiger partial charge in [-0.2, -0.15) is 5.10 Å². The lowest BCUT2D eigenvalue weighted by Gasteiger charge is -2.16. The second-order valence-corrected chi connectivity index (χ2v) is 5.99. The molecule has 5 nitrogen and oxygen atoms in total. The summed E-state index contributed by atoms with van der Waals surface area (Å²) >= 11 is 0. The summed E-state index contributed by atoms with van der Waals surface area (Å²) in [5.41, 5.74) is 2.17. The van der Waals surface area contributed by atoms with Gasteiger partial charge in [0.2, 0.25) is 0 Å². The van der Waals surface area contributed by atoms with E-state index in [0.29, 0.717) is 11.3 Å². The predicted octanol–water partition coefficient (Wildman–Crippen LogP) is 3.19. The molecule has 5 heteroatoms. The van der Waals surface area contributed by atoms with Crippen molar-refractivity contribution in [3.05, 3.63) is 41.2 Å². The second-order valence-electron chi connectivity index (χ2n) is 5.99. The van der Waals surface area contributed by atoms with Crippen LogP contribution < -0.4 is 4.74 Å². The van der Waals surface area contributed by atoms with Crippen molar-refractivity contribution in [1.29, 1.82) is 0 Å². The topological polar surface area (TPSA) is 64.4 Å². The van der Waals surface area contributed by atoms with E-state index in [1.165, 1.54) is 4.68 Å². The minimum Gasteiger partial charge on any atom is -0.497 e. The Morgan fingerprint density at radius 2 is 1.81 bits per heavy atom. The number of hydrogen-bond donors (Lipinski definition) is 1. The molecule has 0 bridgehead atoms. The van der Waals surface area contributed by atoms with Crippen molar-refractivity contribution in [2.45, 2.75) is 33.1 Å². The molecule has 1 N–H and O–H groups in total. The van der Waals surface area contributed by atoms with Crippen LogP contribution in [0, 0.1) is 6.92 Å². The molecule has 0 amide bonds. The Hall–Kier alpha value is -2.30. The Balaban J connectivity index is 2.64. The Morgan fingerprint density at radius 3 is 2.24 bits per heavy atom. The van der Waals surface area contributed by atoms with Gasteiger partial charge in [0.05, 0.1) is 18.5 Å². The molecule has 2 aromatic rings. The van der Waals surface area contributed by atoms with Gasteiger partial charge >= 0.3 is 5.97 Å². The van der Waals surface area contributed by atoms with Gasteiger partial charge in [0.1, 0.15) is 5.75 Å². The van der Waals surface area contributed by atoms with Gasteiger partial charge in [-0.15, -0.1) is 0 Å². The lowest BCUT2D eigenvalue weighted by molar-refractivity contribution is 0.0686. The van der Waals surface area contributed by atoms with Crippen molar-refractivity contribution < 1.29 is 14.6 Å². The number of ether oxygens (including phenoxy) is 1. The van der Waals surface area contributed by atoms with Gasteiger partial charge in [-0.25, -0.2) is 9.48 Å². The Labute approximate surface area is 124 Å². The summed E-state index contributed by atoms with van der Waals surface area (Å²) < 4.78 is 6.60. The summed E-state index contributed by atoms with van der Waals surface area (Å²) in [5.74, 6) is -0.262. The van der Waals surface area contributed by atoms with Crippen LogP contribution in [0.2, 0.25) is 0 Å². The van der Waals surface area contributed by atoms with Crippen LogP contribution in [-0.4, -0.2) is 28.0 Å². The average Bonchev–Trinajstić information content (AvgIpc) is 2.76. The van der Waals surface area contributed by atoms with Crippen molar-refractivity contribution in [2.75, 3.05) is 7.11 Å². The summed E-state index contributed by atoms with van der Waals surface area (Å²) in [6.07, 6.45) is 0. The zero-order valence-corrected chi connectivity index (χ0v) is 13.0. The van der Waals surface area contributed by atoms with E-state index in [9.17, 15) is 9.90 Å². The van der Waals surface area contributed by atoms with Crippen molar-refractivity contribution in [3.63, 3.8) is 0 Å². The molecule has 0 radical (unpaired) electrons. The summed E-state index contributed by atoms with van der Waals surface area (Å²) in [5, 5.41) is 14.0. The van der Waals surface area contributed by atoms with E-state index >= 15 is 0 Å². The zero-order chi connectivity index (χ0) is 15.8. The molecule has 1 heterocycles. The lowest BCUT2D eigenvalue weighted by atomic mass is 9.89. The van der Waals surface area contributed by atoms with Crippen molar-refractivity contribution in [1.82, 2.24) is 9.78 Å². The molecular formula is C16H20N2O3. The van der Waals surface area contributed by atoms with E-state index in [2.05, 4.69) is 5.10 Å². The minimum atomic E-state index is -0.980. The summed E-state index contributed by atoms with van der Waals surface area (Å²) in [7, 11) is 1.59. The number of rotatable bonds is 3. The van der Waals surface area contributed by atoms with Crippen molar-refractivity contribution in [2.24, 2.45) is 0 Å². The van der Waals surface area contributed by atoms with Crippen LogP contribution in [0.4, 0.5) is 0 Å². The SMILES string of the molecule is COc1ccc(-n2nc(C(C)(C)C)c(C)c2C(=O)O)cc1. The summed E-state index contributed by atoms with van der Waals surface area (Å²) in [6.45, 7) is 7.86. The first-order chi connectivity index (χ1) is 9.75. The third-order valence-corrected chi connectivity index (χ3v) is 3.35. The fraction of sp³-hybridized carbons (Fsp3) is 0.375. The Morgan fingerprint density at radius 1 is 1.24 bits per heavy atom. The number of benzene rings is 1. The van der Waals surface area contributed by atoms with Gasteiger partial charge in [0.15, 0.2) is 5.69 Å². The number of aromatic carboxylic acids is 1. The molecule has 0 aliphatic heterocycles. The summed E-state index contributed by atoms with van der Waals surface area (Å²) in [4.78, 5) is 11.6. The van der Waals surface area contributed by atoms with Gasteiger partial charge < -0.3 is 9.84 Å². The van der Waals surface area contributed by atoms with Crippen molar-refractivity contribution >= 4 is 5.97 Å². The molecule has 0 atom stereocenters. The maximum Gasteiger partial charge on any atom is 0.354 e. The first-order valence-electron chi connectivity index (χ1n) is 6.73. The highest BCUT2D eigenvalue weighted by Crippen LogP contribution is 2.28. The Kier molecular flexibility index (Phi) is 3.77. The molecule has 0 aliphatic rings. The molecule has 0 fully saturated rings. The van der Waals surface area contributed by atoms with E-state index in [1.807, 2.05) is 20.8 Å². The maximum atomic E-state index is 11.6. The standard InChI is InChI=1S/C16H20N2O3/c1-10-13(15(19)20)18(17-14(10)16(2,3)4)11-6-8-12(21-5)9-7-11/h6-9H,1-5H3,(H,19,20). The van der Waals surface area contributed by atoms with Crippen molar-refractivity contribution in [3.8, 4) is 11.4 Å². The second kappa shape index (κ2) is 5.24. The fourth-order valence-corrected chi connectivity index (χ4v) is 2.37. The largest absolute Gasteiger partial charge is 0.497 e. The number of methoxy groups -OCH3 is 1. The number of aromatic nitrogens is 2. The fourth-order valence-electron chi connectivity index (χ4n) is 2.37. The first kappa shape index (κ1) is 15.1. The average molecular weight is 288 g/mol. The quantitative estimate of drug-likeness (QED) is 0.942. The number of hydrogen-bond acceptors (Lipinski definition) is 3. The molecule has 1 aromatic heterocycles. The van der Waals surface area contributed by atoms with Gasteiger partial charge in [-0.1, -0.05) is 20.8 Å². The highest BCUT2D eigenvalue weighted by molar-refractivity contribution is 5.88. The molecule has 0 spiro atoms. The number of carboxylic acids is 1. The third kappa shape index (κ3) is 2.77. The molecule has 112 valence electrons. The molecule has 0 saturated heterocycles. The van der Waals surface area contributed by atoms with Gasteiger partial charge in [0, 0.05) is 11.0 Å². The van der Waals surface area contributed by atoms with Crippen LogP contribution in [0.1, 0.15) is 42.5 Å².